The van der Waals surface area contributed by atoms with Crippen LogP contribution in [0, 0.1) is 11.8 Å². The zero-order valence-electron chi connectivity index (χ0n) is 20.8. The molecule has 2 aromatic carbocycles. The van der Waals surface area contributed by atoms with Crippen molar-refractivity contribution < 1.29 is 19.4 Å². The van der Waals surface area contributed by atoms with Crippen LogP contribution in [0.1, 0.15) is 52.9 Å². The summed E-state index contributed by atoms with van der Waals surface area (Å²) in [5, 5.41) is 12.7. The molecule has 0 spiro atoms. The highest BCUT2D eigenvalue weighted by Gasteiger charge is 2.42. The third-order valence-corrected chi connectivity index (χ3v) is 7.05. The lowest BCUT2D eigenvalue weighted by Crippen LogP contribution is -2.57. The average molecular weight is 497 g/mol. The first-order valence-corrected chi connectivity index (χ1v) is 13.0. The molecule has 6 nitrogen and oxygen atoms in total. The molecule has 5 rings (SSSR count). The highest BCUT2D eigenvalue weighted by molar-refractivity contribution is 5.92. The molecule has 2 fully saturated rings. The number of aryl methyl sites for hydroxylation is 1. The van der Waals surface area contributed by atoms with Crippen molar-refractivity contribution in [2.45, 2.75) is 62.6 Å². The topological polar surface area (TPSA) is 80.7 Å². The van der Waals surface area contributed by atoms with E-state index >= 15 is 0 Å². The van der Waals surface area contributed by atoms with E-state index in [9.17, 15) is 9.90 Å². The first kappa shape index (κ1) is 25.2. The van der Waals surface area contributed by atoms with Gasteiger partial charge in [0.1, 0.15) is 5.69 Å². The largest absolute Gasteiger partial charge is 0.394 e. The number of hydrogen-bond acceptors (Lipinski definition) is 5. The summed E-state index contributed by atoms with van der Waals surface area (Å²) in [5.41, 5.74) is 3.55. The molecule has 0 bridgehead atoms. The summed E-state index contributed by atoms with van der Waals surface area (Å²) in [5.74, 6) is 6.20. The summed E-state index contributed by atoms with van der Waals surface area (Å²) in [6, 6.07) is 23.4. The van der Waals surface area contributed by atoms with Gasteiger partial charge in [0.15, 0.2) is 0 Å². The predicted molar refractivity (Wildman–Crippen MR) is 141 cm³/mol. The van der Waals surface area contributed by atoms with Crippen molar-refractivity contribution in [1.82, 2.24) is 10.3 Å². The minimum absolute atomic E-state index is 0.00330. The van der Waals surface area contributed by atoms with Gasteiger partial charge in [0, 0.05) is 17.3 Å². The Kier molecular flexibility index (Phi) is 8.27. The number of ether oxygens (including phenoxy) is 2. The lowest BCUT2D eigenvalue weighted by molar-refractivity contribution is -0.201. The van der Waals surface area contributed by atoms with Crippen molar-refractivity contribution in [2.24, 2.45) is 0 Å². The Hall–Kier alpha value is -3.50. The number of benzene rings is 2. The minimum atomic E-state index is -0.214. The Morgan fingerprint density at radius 3 is 2.41 bits per heavy atom. The molecule has 3 aromatic rings. The monoisotopic (exact) mass is 496 g/mol. The molecule has 1 amide bonds. The van der Waals surface area contributed by atoms with Gasteiger partial charge < -0.3 is 19.9 Å². The third kappa shape index (κ3) is 6.64. The van der Waals surface area contributed by atoms with Crippen molar-refractivity contribution in [1.29, 1.82) is 0 Å². The smallest absolute Gasteiger partial charge is 0.270 e. The standard InChI is InChI=1S/C31H32N2O4/c34-21-25-16-18-29-30(36-25)20-27(33-31(35)26-8-4-5-19-32-26)28(37-29)17-15-24-13-11-23(12-14-24)10-9-22-6-2-1-3-7-22/h1-8,11-14,19,25,27-30,34H,15-18,20-21H2,(H,33,35)/t25-,27+,28+,29-,30-/m0/s1. The van der Waals surface area contributed by atoms with Crippen molar-refractivity contribution in [3.63, 3.8) is 0 Å². The van der Waals surface area contributed by atoms with E-state index in [-0.39, 0.29) is 43.0 Å². The van der Waals surface area contributed by atoms with Gasteiger partial charge in [-0.2, -0.15) is 0 Å². The molecule has 190 valence electrons. The zero-order valence-corrected chi connectivity index (χ0v) is 20.8. The van der Waals surface area contributed by atoms with Crippen molar-refractivity contribution in [3.8, 4) is 11.8 Å². The molecule has 0 radical (unpaired) electrons. The van der Waals surface area contributed by atoms with Gasteiger partial charge in [-0.05, 0) is 74.1 Å². The van der Waals surface area contributed by atoms with Crippen LogP contribution < -0.4 is 5.32 Å². The Bertz CT molecular complexity index is 1220. The number of nitrogens with one attached hydrogen (secondary N) is 1. The van der Waals surface area contributed by atoms with Gasteiger partial charge in [-0.15, -0.1) is 0 Å². The van der Waals surface area contributed by atoms with Crippen LogP contribution in [-0.2, 0) is 15.9 Å². The van der Waals surface area contributed by atoms with Crippen LogP contribution in [0.25, 0.3) is 0 Å². The van der Waals surface area contributed by atoms with Crippen molar-refractivity contribution >= 4 is 5.91 Å². The van der Waals surface area contributed by atoms with Crippen LogP contribution in [0.15, 0.2) is 79.0 Å². The maximum atomic E-state index is 12.9. The Morgan fingerprint density at radius 2 is 1.68 bits per heavy atom. The van der Waals surface area contributed by atoms with Gasteiger partial charge in [-0.1, -0.05) is 48.2 Å². The molecule has 37 heavy (non-hydrogen) atoms. The molecule has 2 aliphatic rings. The van der Waals surface area contributed by atoms with Gasteiger partial charge in [-0.3, -0.25) is 9.78 Å². The van der Waals surface area contributed by atoms with E-state index in [1.807, 2.05) is 42.5 Å². The van der Waals surface area contributed by atoms with Crippen LogP contribution >= 0.6 is 0 Å². The van der Waals surface area contributed by atoms with Crippen LogP contribution in [-0.4, -0.2) is 53.1 Å². The number of fused-ring (bicyclic) bond motifs is 1. The molecule has 6 heteroatoms. The Balaban J connectivity index is 1.24. The van der Waals surface area contributed by atoms with E-state index in [1.165, 1.54) is 5.56 Å². The van der Waals surface area contributed by atoms with Gasteiger partial charge in [0.05, 0.1) is 37.1 Å². The van der Waals surface area contributed by atoms with E-state index in [0.29, 0.717) is 12.1 Å². The number of amides is 1. The number of rotatable bonds is 6. The fourth-order valence-electron chi connectivity index (χ4n) is 5.05. The van der Waals surface area contributed by atoms with Crippen LogP contribution in [0.3, 0.4) is 0 Å². The summed E-state index contributed by atoms with van der Waals surface area (Å²) in [7, 11) is 0. The lowest BCUT2D eigenvalue weighted by atomic mass is 9.88. The summed E-state index contributed by atoms with van der Waals surface area (Å²) < 4.78 is 12.6. The van der Waals surface area contributed by atoms with Crippen LogP contribution in [0.5, 0.6) is 0 Å². The molecule has 0 aliphatic carbocycles. The van der Waals surface area contributed by atoms with Crippen LogP contribution in [0.4, 0.5) is 0 Å². The first-order valence-electron chi connectivity index (χ1n) is 13.0. The zero-order chi connectivity index (χ0) is 25.5. The SMILES string of the molecule is O=C(N[C@@H]1C[C@@H]2O[C@H](CO)CC[C@@H]2O[C@@H]1CCc1ccc(C#Cc2ccccc2)cc1)c1ccccn1. The fraction of sp³-hybridized carbons (Fsp3) is 0.355. The normalized spacial score (nSPS) is 24.8. The summed E-state index contributed by atoms with van der Waals surface area (Å²) >= 11 is 0. The van der Waals surface area contributed by atoms with Gasteiger partial charge >= 0.3 is 0 Å². The fourth-order valence-corrected chi connectivity index (χ4v) is 5.05. The number of carbonyl (C=O) groups excluding carboxylic acids is 1. The van der Waals surface area contributed by atoms with Gasteiger partial charge in [0.2, 0.25) is 0 Å². The number of carbonyl (C=O) groups is 1. The van der Waals surface area contributed by atoms with E-state index in [2.05, 4.69) is 34.3 Å². The van der Waals surface area contributed by atoms with Crippen molar-refractivity contribution in [3.05, 3.63) is 101 Å². The number of aromatic nitrogens is 1. The molecule has 5 atom stereocenters. The molecule has 2 saturated heterocycles. The second kappa shape index (κ2) is 12.2. The maximum absolute atomic E-state index is 12.9. The molecule has 1 aromatic heterocycles. The average Bonchev–Trinajstić information content (AvgIpc) is 2.96. The second-order valence-corrected chi connectivity index (χ2v) is 9.65. The molecule has 2 N–H and O–H groups in total. The third-order valence-electron chi connectivity index (χ3n) is 7.05. The van der Waals surface area contributed by atoms with Gasteiger partial charge in [-0.25, -0.2) is 0 Å². The molecule has 0 saturated carbocycles. The summed E-state index contributed by atoms with van der Waals surface area (Å²) in [6.45, 7) is 0.00330. The molecule has 0 unspecified atom stereocenters. The molecule has 3 heterocycles. The predicted octanol–water partition coefficient (Wildman–Crippen LogP) is 3.91. The highest BCUT2D eigenvalue weighted by Crippen LogP contribution is 2.33. The van der Waals surface area contributed by atoms with E-state index in [4.69, 9.17) is 9.47 Å². The lowest BCUT2D eigenvalue weighted by Gasteiger charge is -2.45. The quantitative estimate of drug-likeness (QED) is 0.506. The maximum Gasteiger partial charge on any atom is 0.270 e. The van der Waals surface area contributed by atoms with E-state index in [1.54, 1.807) is 24.4 Å². The minimum Gasteiger partial charge on any atom is -0.394 e. The van der Waals surface area contributed by atoms with E-state index in [0.717, 1.165) is 36.8 Å². The number of aliphatic hydroxyl groups excluding tert-OH is 1. The molecule has 2 aliphatic heterocycles. The summed E-state index contributed by atoms with van der Waals surface area (Å²) in [4.78, 5) is 17.1. The molecular formula is C31H32N2O4. The number of aliphatic hydroxyl groups is 1. The first-order chi connectivity index (χ1) is 18.2. The Morgan fingerprint density at radius 1 is 0.919 bits per heavy atom. The summed E-state index contributed by atoms with van der Waals surface area (Å²) in [6.07, 6.45) is 5.02. The number of pyridine rings is 1. The number of hydrogen-bond donors (Lipinski definition) is 2. The van der Waals surface area contributed by atoms with Crippen molar-refractivity contribution in [2.75, 3.05) is 6.61 Å². The second-order valence-electron chi connectivity index (χ2n) is 9.65. The van der Waals surface area contributed by atoms with Gasteiger partial charge in [0.25, 0.3) is 5.91 Å². The highest BCUT2D eigenvalue weighted by atomic mass is 16.6. The van der Waals surface area contributed by atoms with E-state index < -0.39 is 0 Å². The Labute approximate surface area is 218 Å². The van der Waals surface area contributed by atoms with Crippen LogP contribution in [0.2, 0.25) is 0 Å². The number of nitrogens with zero attached hydrogens (tertiary/aromatic N) is 1. The molecular weight excluding hydrogens is 464 g/mol.